The lowest BCUT2D eigenvalue weighted by Crippen LogP contribution is -2.28. The molecule has 2 nitrogen and oxygen atoms in total. The van der Waals surface area contributed by atoms with E-state index >= 15 is 0 Å². The Hall–Kier alpha value is -0.830. The third kappa shape index (κ3) is 2.01. The van der Waals surface area contributed by atoms with Crippen molar-refractivity contribution in [2.24, 2.45) is 0 Å². The minimum Gasteiger partial charge on any atom is -0.496 e. The largest absolute Gasteiger partial charge is 0.496 e. The van der Waals surface area contributed by atoms with E-state index in [0.29, 0.717) is 11.3 Å². The van der Waals surface area contributed by atoms with Gasteiger partial charge in [-0.05, 0) is 25.0 Å². The lowest BCUT2D eigenvalue weighted by molar-refractivity contribution is 0.0945. The van der Waals surface area contributed by atoms with Crippen LogP contribution in [0.3, 0.4) is 0 Å². The normalized spacial score (nSPS) is 18.4. The number of ketones is 1. The molecule has 0 bridgehead atoms. The molecule has 16 heavy (non-hydrogen) atoms. The van der Waals surface area contributed by atoms with Crippen LogP contribution < -0.4 is 4.74 Å². The average Bonchev–Trinajstić information content (AvgIpc) is 2.76. The van der Waals surface area contributed by atoms with E-state index in [1.165, 1.54) is 0 Å². The molecule has 1 aromatic rings. The van der Waals surface area contributed by atoms with Crippen LogP contribution in [0.4, 0.5) is 0 Å². The highest BCUT2D eigenvalue weighted by molar-refractivity contribution is 9.10. The van der Waals surface area contributed by atoms with E-state index < -0.39 is 0 Å². The minimum atomic E-state index is -0.359. The summed E-state index contributed by atoms with van der Waals surface area (Å²) in [7, 11) is 1.60. The number of carbonyl (C=O) groups excluding carboxylic acids is 1. The molecule has 1 fully saturated rings. The molecule has 0 aromatic heterocycles. The van der Waals surface area contributed by atoms with Crippen molar-refractivity contribution in [3.63, 3.8) is 0 Å². The summed E-state index contributed by atoms with van der Waals surface area (Å²) in [5, 5.41) is 0. The molecule has 0 saturated heterocycles. The number of alkyl halides is 1. The van der Waals surface area contributed by atoms with Crippen LogP contribution >= 0.6 is 15.9 Å². The van der Waals surface area contributed by atoms with Crippen molar-refractivity contribution in [2.45, 2.75) is 30.0 Å². The summed E-state index contributed by atoms with van der Waals surface area (Å²) >= 11 is 3.61. The molecule has 0 spiro atoms. The number of carbonyl (C=O) groups is 1. The van der Waals surface area contributed by atoms with Crippen molar-refractivity contribution in [3.05, 3.63) is 29.8 Å². The maximum absolute atomic E-state index is 12.4. The van der Waals surface area contributed by atoms with Crippen LogP contribution in [0.15, 0.2) is 24.3 Å². The van der Waals surface area contributed by atoms with Gasteiger partial charge in [0, 0.05) is 0 Å². The number of Topliss-reactive ketones (excluding diaryl/α,β-unsaturated/α-hetero) is 1. The molecule has 0 radical (unpaired) electrons. The van der Waals surface area contributed by atoms with Crippen LogP contribution in [0.1, 0.15) is 36.0 Å². The van der Waals surface area contributed by atoms with Gasteiger partial charge in [-0.2, -0.15) is 0 Å². The quantitative estimate of drug-likeness (QED) is 0.626. The Morgan fingerprint density at radius 1 is 1.31 bits per heavy atom. The Morgan fingerprint density at radius 3 is 2.56 bits per heavy atom. The molecule has 2 rings (SSSR count). The molecular weight excluding hydrogens is 268 g/mol. The van der Waals surface area contributed by atoms with E-state index in [9.17, 15) is 4.79 Å². The maximum atomic E-state index is 12.4. The van der Waals surface area contributed by atoms with E-state index in [1.807, 2.05) is 24.3 Å². The van der Waals surface area contributed by atoms with Crippen LogP contribution in [0.25, 0.3) is 0 Å². The van der Waals surface area contributed by atoms with Crippen molar-refractivity contribution in [1.82, 2.24) is 0 Å². The zero-order chi connectivity index (χ0) is 11.6. The Kier molecular flexibility index (Phi) is 3.33. The first-order valence-electron chi connectivity index (χ1n) is 5.54. The van der Waals surface area contributed by atoms with Crippen LogP contribution in [0, 0.1) is 0 Å². The second-order valence-corrected chi connectivity index (χ2v) is 5.72. The molecule has 0 atom stereocenters. The number of para-hydroxylation sites is 1. The van der Waals surface area contributed by atoms with Gasteiger partial charge in [0.15, 0.2) is 5.78 Å². The summed E-state index contributed by atoms with van der Waals surface area (Å²) in [6.07, 6.45) is 4.08. The maximum Gasteiger partial charge on any atom is 0.183 e. The monoisotopic (exact) mass is 282 g/mol. The highest BCUT2D eigenvalue weighted by atomic mass is 79.9. The van der Waals surface area contributed by atoms with Crippen molar-refractivity contribution >= 4 is 21.7 Å². The van der Waals surface area contributed by atoms with E-state index in [4.69, 9.17) is 4.74 Å². The zero-order valence-corrected chi connectivity index (χ0v) is 10.9. The summed E-state index contributed by atoms with van der Waals surface area (Å²) < 4.78 is 4.87. The van der Waals surface area contributed by atoms with Gasteiger partial charge < -0.3 is 4.74 Å². The summed E-state index contributed by atoms with van der Waals surface area (Å²) in [6.45, 7) is 0. The third-order valence-electron chi connectivity index (χ3n) is 3.15. The lowest BCUT2D eigenvalue weighted by atomic mass is 9.95. The number of ether oxygens (including phenoxy) is 1. The van der Waals surface area contributed by atoms with Crippen molar-refractivity contribution < 1.29 is 9.53 Å². The molecule has 3 heteroatoms. The Labute approximate surface area is 104 Å². The summed E-state index contributed by atoms with van der Waals surface area (Å²) in [5.41, 5.74) is 0.684. The van der Waals surface area contributed by atoms with E-state index in [0.717, 1.165) is 25.7 Å². The van der Waals surface area contributed by atoms with Crippen LogP contribution in [0.5, 0.6) is 5.75 Å². The molecule has 1 aliphatic rings. The molecule has 0 amide bonds. The SMILES string of the molecule is COc1ccccc1C(=O)C1(Br)CCCC1. The van der Waals surface area contributed by atoms with Gasteiger partial charge in [-0.3, -0.25) is 4.79 Å². The molecular formula is C13H15BrO2. The van der Waals surface area contributed by atoms with Crippen LogP contribution in [-0.4, -0.2) is 17.2 Å². The summed E-state index contributed by atoms with van der Waals surface area (Å²) in [4.78, 5) is 12.4. The van der Waals surface area contributed by atoms with Crippen LogP contribution in [0.2, 0.25) is 0 Å². The molecule has 1 saturated carbocycles. The van der Waals surface area contributed by atoms with E-state index in [-0.39, 0.29) is 10.1 Å². The molecule has 1 aliphatic carbocycles. The molecule has 0 N–H and O–H groups in total. The number of halogens is 1. The van der Waals surface area contributed by atoms with Gasteiger partial charge in [-0.1, -0.05) is 40.9 Å². The molecule has 0 unspecified atom stereocenters. The average molecular weight is 283 g/mol. The highest BCUT2D eigenvalue weighted by Gasteiger charge is 2.39. The summed E-state index contributed by atoms with van der Waals surface area (Å²) in [5.74, 6) is 0.820. The molecule has 86 valence electrons. The Bertz CT molecular complexity index is 395. The van der Waals surface area contributed by atoms with Crippen LogP contribution in [-0.2, 0) is 0 Å². The molecule has 1 aromatic carbocycles. The van der Waals surface area contributed by atoms with Gasteiger partial charge >= 0.3 is 0 Å². The molecule has 0 heterocycles. The molecule has 0 aliphatic heterocycles. The first-order chi connectivity index (χ1) is 7.67. The topological polar surface area (TPSA) is 26.3 Å². The second-order valence-electron chi connectivity index (χ2n) is 4.20. The smallest absolute Gasteiger partial charge is 0.183 e. The number of benzene rings is 1. The summed E-state index contributed by atoms with van der Waals surface area (Å²) in [6, 6.07) is 7.42. The lowest BCUT2D eigenvalue weighted by Gasteiger charge is -2.20. The van der Waals surface area contributed by atoms with E-state index in [2.05, 4.69) is 15.9 Å². The Balaban J connectivity index is 2.33. The van der Waals surface area contributed by atoms with E-state index in [1.54, 1.807) is 7.11 Å². The fraction of sp³-hybridized carbons (Fsp3) is 0.462. The fourth-order valence-corrected chi connectivity index (χ4v) is 3.01. The number of hydrogen-bond acceptors (Lipinski definition) is 2. The number of methoxy groups -OCH3 is 1. The minimum absolute atomic E-state index is 0.155. The highest BCUT2D eigenvalue weighted by Crippen LogP contribution is 2.41. The van der Waals surface area contributed by atoms with Gasteiger partial charge in [0.2, 0.25) is 0 Å². The predicted octanol–water partition coefficient (Wildman–Crippen LogP) is 3.59. The Morgan fingerprint density at radius 2 is 1.94 bits per heavy atom. The van der Waals surface area contributed by atoms with Crippen molar-refractivity contribution in [1.29, 1.82) is 0 Å². The zero-order valence-electron chi connectivity index (χ0n) is 9.33. The predicted molar refractivity (Wildman–Crippen MR) is 67.5 cm³/mol. The second kappa shape index (κ2) is 4.58. The van der Waals surface area contributed by atoms with Gasteiger partial charge in [0.25, 0.3) is 0 Å². The fourth-order valence-electron chi connectivity index (χ4n) is 2.24. The van der Waals surface area contributed by atoms with Gasteiger partial charge in [0.05, 0.1) is 17.0 Å². The van der Waals surface area contributed by atoms with Crippen molar-refractivity contribution in [3.8, 4) is 5.75 Å². The standard InChI is InChI=1S/C13H15BrO2/c1-16-11-7-3-2-6-10(11)12(15)13(14)8-4-5-9-13/h2-3,6-7H,4-5,8-9H2,1H3. The first kappa shape index (κ1) is 11.6. The number of rotatable bonds is 3. The number of hydrogen-bond donors (Lipinski definition) is 0. The third-order valence-corrected chi connectivity index (χ3v) is 4.31. The van der Waals surface area contributed by atoms with Gasteiger partial charge in [0.1, 0.15) is 5.75 Å². The van der Waals surface area contributed by atoms with Gasteiger partial charge in [-0.15, -0.1) is 0 Å². The van der Waals surface area contributed by atoms with Crippen molar-refractivity contribution in [2.75, 3.05) is 7.11 Å². The first-order valence-corrected chi connectivity index (χ1v) is 6.33. The van der Waals surface area contributed by atoms with Gasteiger partial charge in [-0.25, -0.2) is 0 Å².